The fourth-order valence-corrected chi connectivity index (χ4v) is 1.36. The molecule has 0 aromatic rings. The Morgan fingerprint density at radius 1 is 1.43 bits per heavy atom. The zero-order valence-corrected chi connectivity index (χ0v) is 9.55. The van der Waals surface area contributed by atoms with Crippen LogP contribution in [0.15, 0.2) is 0 Å². The van der Waals surface area contributed by atoms with E-state index in [2.05, 4.69) is 12.2 Å². The molecular formula is C11H23NO2. The Balaban J connectivity index is 3.79. The Hall–Kier alpha value is -0.570. The lowest BCUT2D eigenvalue weighted by Gasteiger charge is -2.15. The van der Waals surface area contributed by atoms with E-state index in [-0.39, 0.29) is 11.8 Å². The van der Waals surface area contributed by atoms with E-state index >= 15 is 0 Å². The maximum absolute atomic E-state index is 11.6. The van der Waals surface area contributed by atoms with Crippen LogP contribution in [0.2, 0.25) is 0 Å². The van der Waals surface area contributed by atoms with Crippen molar-refractivity contribution in [3.8, 4) is 0 Å². The average molecular weight is 201 g/mol. The summed E-state index contributed by atoms with van der Waals surface area (Å²) in [5.41, 5.74) is 0. The van der Waals surface area contributed by atoms with E-state index in [9.17, 15) is 4.79 Å². The van der Waals surface area contributed by atoms with Gasteiger partial charge < -0.3 is 10.4 Å². The van der Waals surface area contributed by atoms with Gasteiger partial charge in [0.15, 0.2) is 0 Å². The van der Waals surface area contributed by atoms with Gasteiger partial charge in [-0.15, -0.1) is 0 Å². The number of rotatable bonds is 7. The maximum atomic E-state index is 11.6. The van der Waals surface area contributed by atoms with Crippen molar-refractivity contribution < 1.29 is 9.90 Å². The van der Waals surface area contributed by atoms with E-state index in [1.807, 2.05) is 6.92 Å². The standard InChI is InChI=1S/C11H23NO2/c1-4-6-7-10(5-2)11(14)12-8-9(3)13/h9-10,13H,4-8H2,1-3H3,(H,12,14). The van der Waals surface area contributed by atoms with E-state index in [0.717, 1.165) is 25.7 Å². The molecule has 2 unspecified atom stereocenters. The fourth-order valence-electron chi connectivity index (χ4n) is 1.36. The molecule has 0 aromatic carbocycles. The van der Waals surface area contributed by atoms with Crippen molar-refractivity contribution >= 4 is 5.91 Å². The summed E-state index contributed by atoms with van der Waals surface area (Å²) in [5, 5.41) is 11.8. The first-order chi connectivity index (χ1) is 6.61. The van der Waals surface area contributed by atoms with Crippen LogP contribution in [0.3, 0.4) is 0 Å². The van der Waals surface area contributed by atoms with Gasteiger partial charge in [-0.05, 0) is 19.8 Å². The maximum Gasteiger partial charge on any atom is 0.223 e. The van der Waals surface area contributed by atoms with Crippen molar-refractivity contribution in [1.82, 2.24) is 5.32 Å². The van der Waals surface area contributed by atoms with E-state index < -0.39 is 6.10 Å². The van der Waals surface area contributed by atoms with Gasteiger partial charge in [-0.3, -0.25) is 4.79 Å². The fraction of sp³-hybridized carbons (Fsp3) is 0.909. The summed E-state index contributed by atoms with van der Waals surface area (Å²) < 4.78 is 0. The molecule has 0 saturated heterocycles. The molecule has 0 aliphatic heterocycles. The summed E-state index contributed by atoms with van der Waals surface area (Å²) in [5.74, 6) is 0.204. The summed E-state index contributed by atoms with van der Waals surface area (Å²) in [4.78, 5) is 11.6. The van der Waals surface area contributed by atoms with Gasteiger partial charge in [0, 0.05) is 12.5 Å². The van der Waals surface area contributed by atoms with Crippen LogP contribution in [0.5, 0.6) is 0 Å². The third-order valence-electron chi connectivity index (χ3n) is 2.34. The topological polar surface area (TPSA) is 49.3 Å². The molecule has 2 N–H and O–H groups in total. The number of carbonyl (C=O) groups is 1. The average Bonchev–Trinajstić information content (AvgIpc) is 2.16. The Kier molecular flexibility index (Phi) is 7.48. The molecule has 14 heavy (non-hydrogen) atoms. The first-order valence-electron chi connectivity index (χ1n) is 5.57. The minimum atomic E-state index is -0.456. The minimum absolute atomic E-state index is 0.0850. The molecule has 0 rings (SSSR count). The smallest absolute Gasteiger partial charge is 0.223 e. The van der Waals surface area contributed by atoms with Crippen molar-refractivity contribution in [3.63, 3.8) is 0 Å². The Labute approximate surface area is 86.9 Å². The van der Waals surface area contributed by atoms with Gasteiger partial charge in [-0.2, -0.15) is 0 Å². The quantitative estimate of drug-likeness (QED) is 0.658. The number of aliphatic hydroxyl groups excluding tert-OH is 1. The normalized spacial score (nSPS) is 14.9. The Morgan fingerprint density at radius 3 is 2.50 bits per heavy atom. The predicted octanol–water partition coefficient (Wildman–Crippen LogP) is 1.70. The number of aliphatic hydroxyl groups is 1. The number of hydrogen-bond donors (Lipinski definition) is 2. The van der Waals surface area contributed by atoms with Crippen LogP contribution in [-0.2, 0) is 4.79 Å². The molecule has 84 valence electrons. The lowest BCUT2D eigenvalue weighted by Crippen LogP contribution is -2.35. The van der Waals surface area contributed by atoms with Gasteiger partial charge in [0.2, 0.25) is 5.91 Å². The highest BCUT2D eigenvalue weighted by Gasteiger charge is 2.15. The molecule has 3 nitrogen and oxygen atoms in total. The molecule has 2 atom stereocenters. The third kappa shape index (κ3) is 5.97. The monoisotopic (exact) mass is 201 g/mol. The minimum Gasteiger partial charge on any atom is -0.392 e. The lowest BCUT2D eigenvalue weighted by atomic mass is 9.98. The molecule has 0 aliphatic rings. The predicted molar refractivity (Wildman–Crippen MR) is 58.0 cm³/mol. The second kappa shape index (κ2) is 7.80. The largest absolute Gasteiger partial charge is 0.392 e. The molecule has 0 fully saturated rings. The number of amides is 1. The van der Waals surface area contributed by atoms with Crippen molar-refractivity contribution in [2.24, 2.45) is 5.92 Å². The SMILES string of the molecule is CCCCC(CC)C(=O)NCC(C)O. The second-order valence-electron chi connectivity index (χ2n) is 3.84. The van der Waals surface area contributed by atoms with Gasteiger partial charge in [-0.25, -0.2) is 0 Å². The molecule has 3 heteroatoms. The molecule has 0 spiro atoms. The van der Waals surface area contributed by atoms with Gasteiger partial charge in [0.1, 0.15) is 0 Å². The molecule has 0 aromatic heterocycles. The number of carbonyl (C=O) groups excluding carboxylic acids is 1. The molecule has 0 bridgehead atoms. The van der Waals surface area contributed by atoms with Crippen LogP contribution >= 0.6 is 0 Å². The Bertz CT molecular complexity index is 157. The number of hydrogen-bond acceptors (Lipinski definition) is 2. The zero-order chi connectivity index (χ0) is 11.0. The summed E-state index contributed by atoms with van der Waals surface area (Å²) >= 11 is 0. The summed E-state index contributed by atoms with van der Waals surface area (Å²) in [6.07, 6.45) is 3.60. The highest BCUT2D eigenvalue weighted by molar-refractivity contribution is 5.78. The second-order valence-corrected chi connectivity index (χ2v) is 3.84. The van der Waals surface area contributed by atoms with Crippen LogP contribution in [-0.4, -0.2) is 23.7 Å². The van der Waals surface area contributed by atoms with E-state index in [4.69, 9.17) is 5.11 Å². The van der Waals surface area contributed by atoms with Gasteiger partial charge in [0.05, 0.1) is 6.10 Å². The lowest BCUT2D eigenvalue weighted by molar-refractivity contribution is -0.125. The van der Waals surface area contributed by atoms with Crippen molar-refractivity contribution in [1.29, 1.82) is 0 Å². The highest BCUT2D eigenvalue weighted by atomic mass is 16.3. The van der Waals surface area contributed by atoms with E-state index in [1.54, 1.807) is 6.92 Å². The van der Waals surface area contributed by atoms with Crippen LogP contribution in [0.1, 0.15) is 46.5 Å². The van der Waals surface area contributed by atoms with Crippen LogP contribution in [0, 0.1) is 5.92 Å². The van der Waals surface area contributed by atoms with Gasteiger partial charge in [0.25, 0.3) is 0 Å². The van der Waals surface area contributed by atoms with Crippen molar-refractivity contribution in [2.45, 2.75) is 52.6 Å². The molecule has 0 saturated carbocycles. The molecular weight excluding hydrogens is 178 g/mol. The molecule has 0 heterocycles. The summed E-state index contributed by atoms with van der Waals surface area (Å²) in [7, 11) is 0. The van der Waals surface area contributed by atoms with E-state index in [0.29, 0.717) is 6.54 Å². The molecule has 0 aliphatic carbocycles. The summed E-state index contributed by atoms with van der Waals surface area (Å²) in [6.45, 7) is 6.19. The number of unbranched alkanes of at least 4 members (excludes halogenated alkanes) is 1. The van der Waals surface area contributed by atoms with Crippen LogP contribution in [0.25, 0.3) is 0 Å². The third-order valence-corrected chi connectivity index (χ3v) is 2.34. The van der Waals surface area contributed by atoms with Gasteiger partial charge >= 0.3 is 0 Å². The van der Waals surface area contributed by atoms with Gasteiger partial charge in [-0.1, -0.05) is 26.7 Å². The van der Waals surface area contributed by atoms with Crippen LogP contribution in [0.4, 0.5) is 0 Å². The van der Waals surface area contributed by atoms with Crippen molar-refractivity contribution in [3.05, 3.63) is 0 Å². The highest BCUT2D eigenvalue weighted by Crippen LogP contribution is 2.12. The van der Waals surface area contributed by atoms with E-state index in [1.165, 1.54) is 0 Å². The summed E-state index contributed by atoms with van der Waals surface area (Å²) in [6, 6.07) is 0. The molecule has 1 amide bonds. The first-order valence-corrected chi connectivity index (χ1v) is 5.57. The molecule has 0 radical (unpaired) electrons. The van der Waals surface area contributed by atoms with Crippen LogP contribution < -0.4 is 5.32 Å². The zero-order valence-electron chi connectivity index (χ0n) is 9.55. The van der Waals surface area contributed by atoms with Crippen molar-refractivity contribution in [2.75, 3.05) is 6.54 Å². The number of nitrogens with one attached hydrogen (secondary N) is 1. The Morgan fingerprint density at radius 2 is 2.07 bits per heavy atom. The first kappa shape index (κ1) is 13.4.